The van der Waals surface area contributed by atoms with Crippen LogP contribution >= 0.6 is 27.5 Å². The first-order valence-electron chi connectivity index (χ1n) is 5.00. The predicted octanol–water partition coefficient (Wildman–Crippen LogP) is 3.59. The molecule has 3 N–H and O–H groups in total. The van der Waals surface area contributed by atoms with Crippen LogP contribution in [0.1, 0.15) is 19.3 Å². The molecule has 3 nitrogen and oxygen atoms in total. The zero-order valence-corrected chi connectivity index (χ0v) is 11.1. The Morgan fingerprint density at radius 1 is 1.44 bits per heavy atom. The molecule has 0 aromatic heterocycles. The molecule has 0 atom stereocenters. The number of halogens is 2. The van der Waals surface area contributed by atoms with Gasteiger partial charge in [-0.15, -0.1) is 0 Å². The van der Waals surface area contributed by atoms with E-state index in [2.05, 4.69) is 15.9 Å². The maximum atomic E-state index is 7.07. The molecule has 1 aromatic carbocycles. The van der Waals surface area contributed by atoms with E-state index in [0.29, 0.717) is 18.1 Å². The largest absolute Gasteiger partial charge is 0.492 e. The van der Waals surface area contributed by atoms with E-state index < -0.39 is 0 Å². The van der Waals surface area contributed by atoms with Crippen molar-refractivity contribution in [3.05, 3.63) is 27.7 Å². The van der Waals surface area contributed by atoms with Crippen LogP contribution in [0.2, 0.25) is 5.02 Å². The fourth-order valence-corrected chi connectivity index (χ4v) is 1.99. The van der Waals surface area contributed by atoms with Crippen LogP contribution in [0.5, 0.6) is 5.75 Å². The van der Waals surface area contributed by atoms with Gasteiger partial charge in [-0.2, -0.15) is 0 Å². The molecular formula is C11H14BrClN2O. The Kier molecular flexibility index (Phi) is 5.63. The minimum atomic E-state index is 0.229. The third-order valence-electron chi connectivity index (χ3n) is 1.99. The van der Waals surface area contributed by atoms with Crippen LogP contribution in [0, 0.1) is 5.41 Å². The Balaban J connectivity index is 2.29. The molecule has 16 heavy (non-hydrogen) atoms. The summed E-state index contributed by atoms with van der Waals surface area (Å²) in [4.78, 5) is 0. The first-order chi connectivity index (χ1) is 7.59. The highest BCUT2D eigenvalue weighted by atomic mass is 79.9. The van der Waals surface area contributed by atoms with E-state index in [1.807, 2.05) is 6.07 Å². The zero-order chi connectivity index (χ0) is 12.0. The first kappa shape index (κ1) is 13.3. The molecule has 0 aliphatic carbocycles. The number of rotatable bonds is 6. The summed E-state index contributed by atoms with van der Waals surface area (Å²) in [7, 11) is 0. The monoisotopic (exact) mass is 304 g/mol. The number of nitrogens with one attached hydrogen (secondary N) is 1. The van der Waals surface area contributed by atoms with Gasteiger partial charge in [-0.1, -0.05) is 11.6 Å². The minimum absolute atomic E-state index is 0.229. The van der Waals surface area contributed by atoms with Crippen molar-refractivity contribution in [3.8, 4) is 5.75 Å². The topological polar surface area (TPSA) is 59.1 Å². The molecule has 88 valence electrons. The SMILES string of the molecule is N=C(N)CCCCOc1ccc(Cl)cc1Br. The molecule has 1 rings (SSSR count). The molecular weight excluding hydrogens is 291 g/mol. The number of unbranched alkanes of at least 4 members (excludes halogenated alkanes) is 1. The molecule has 0 aliphatic rings. The number of hydrogen-bond donors (Lipinski definition) is 2. The number of nitrogens with two attached hydrogens (primary N) is 1. The van der Waals surface area contributed by atoms with Crippen molar-refractivity contribution in [1.82, 2.24) is 0 Å². The van der Waals surface area contributed by atoms with Gasteiger partial charge in [-0.3, -0.25) is 5.41 Å². The van der Waals surface area contributed by atoms with Crippen LogP contribution in [0.25, 0.3) is 0 Å². The summed E-state index contributed by atoms with van der Waals surface area (Å²) < 4.78 is 6.41. The van der Waals surface area contributed by atoms with Gasteiger partial charge in [0.05, 0.1) is 16.9 Å². The predicted molar refractivity (Wildman–Crippen MR) is 70.4 cm³/mol. The van der Waals surface area contributed by atoms with Gasteiger partial charge in [0.2, 0.25) is 0 Å². The van der Waals surface area contributed by atoms with E-state index in [0.717, 1.165) is 23.1 Å². The molecule has 0 fully saturated rings. The Morgan fingerprint density at radius 2 is 2.19 bits per heavy atom. The van der Waals surface area contributed by atoms with Crippen LogP contribution in [-0.4, -0.2) is 12.4 Å². The lowest BCUT2D eigenvalue weighted by molar-refractivity contribution is 0.306. The number of amidine groups is 1. The van der Waals surface area contributed by atoms with E-state index in [4.69, 9.17) is 27.5 Å². The van der Waals surface area contributed by atoms with Crippen molar-refractivity contribution in [2.75, 3.05) is 6.61 Å². The molecule has 0 bridgehead atoms. The van der Waals surface area contributed by atoms with Crippen molar-refractivity contribution in [3.63, 3.8) is 0 Å². The highest BCUT2D eigenvalue weighted by Gasteiger charge is 2.01. The van der Waals surface area contributed by atoms with Gasteiger partial charge in [-0.05, 0) is 47.0 Å². The van der Waals surface area contributed by atoms with E-state index in [1.54, 1.807) is 12.1 Å². The summed E-state index contributed by atoms with van der Waals surface area (Å²) in [6, 6.07) is 5.42. The fraction of sp³-hybridized carbons (Fsp3) is 0.364. The van der Waals surface area contributed by atoms with Gasteiger partial charge in [0.25, 0.3) is 0 Å². The van der Waals surface area contributed by atoms with Gasteiger partial charge in [0.1, 0.15) is 5.75 Å². The normalized spacial score (nSPS) is 10.1. The lowest BCUT2D eigenvalue weighted by atomic mass is 10.2. The first-order valence-corrected chi connectivity index (χ1v) is 6.17. The molecule has 0 aliphatic heterocycles. The Bertz CT molecular complexity index is 371. The molecule has 0 amide bonds. The van der Waals surface area contributed by atoms with Crippen LogP contribution < -0.4 is 10.5 Å². The Labute approximate surface area is 109 Å². The standard InChI is InChI=1S/C11H14BrClN2O/c12-9-7-8(13)4-5-10(9)16-6-2-1-3-11(14)15/h4-5,7H,1-3,6H2,(H3,14,15). The van der Waals surface area contributed by atoms with Crippen molar-refractivity contribution in [1.29, 1.82) is 5.41 Å². The summed E-state index contributed by atoms with van der Waals surface area (Å²) in [5.74, 6) is 1.01. The van der Waals surface area contributed by atoms with Crippen LogP contribution in [-0.2, 0) is 0 Å². The summed E-state index contributed by atoms with van der Waals surface area (Å²) in [6.07, 6.45) is 2.39. The highest BCUT2D eigenvalue weighted by molar-refractivity contribution is 9.10. The zero-order valence-electron chi connectivity index (χ0n) is 8.80. The van der Waals surface area contributed by atoms with Crippen molar-refractivity contribution in [2.24, 2.45) is 5.73 Å². The summed E-state index contributed by atoms with van der Waals surface area (Å²) >= 11 is 9.19. The van der Waals surface area contributed by atoms with Crippen LogP contribution in [0.15, 0.2) is 22.7 Å². The molecule has 0 spiro atoms. The van der Waals surface area contributed by atoms with Crippen molar-refractivity contribution >= 4 is 33.4 Å². The van der Waals surface area contributed by atoms with E-state index in [9.17, 15) is 0 Å². The molecule has 0 heterocycles. The van der Waals surface area contributed by atoms with Crippen LogP contribution in [0.4, 0.5) is 0 Å². The third-order valence-corrected chi connectivity index (χ3v) is 2.85. The smallest absolute Gasteiger partial charge is 0.133 e. The molecule has 0 unspecified atom stereocenters. The van der Waals surface area contributed by atoms with E-state index >= 15 is 0 Å². The van der Waals surface area contributed by atoms with Gasteiger partial charge >= 0.3 is 0 Å². The van der Waals surface area contributed by atoms with Gasteiger partial charge < -0.3 is 10.5 Å². The number of ether oxygens (including phenoxy) is 1. The number of hydrogen-bond acceptors (Lipinski definition) is 2. The maximum Gasteiger partial charge on any atom is 0.133 e. The summed E-state index contributed by atoms with van der Waals surface area (Å²) in [5, 5.41) is 7.74. The summed E-state index contributed by atoms with van der Waals surface area (Å²) in [6.45, 7) is 0.619. The molecule has 1 aromatic rings. The van der Waals surface area contributed by atoms with Crippen molar-refractivity contribution in [2.45, 2.75) is 19.3 Å². The second kappa shape index (κ2) is 6.76. The minimum Gasteiger partial charge on any atom is -0.492 e. The Morgan fingerprint density at radius 3 is 2.81 bits per heavy atom. The van der Waals surface area contributed by atoms with Gasteiger partial charge in [0, 0.05) is 11.4 Å². The third kappa shape index (κ3) is 4.86. The maximum absolute atomic E-state index is 7.07. The highest BCUT2D eigenvalue weighted by Crippen LogP contribution is 2.28. The van der Waals surface area contributed by atoms with E-state index in [-0.39, 0.29) is 5.84 Å². The van der Waals surface area contributed by atoms with E-state index in [1.165, 1.54) is 0 Å². The lowest BCUT2D eigenvalue weighted by Gasteiger charge is -2.08. The molecule has 0 saturated heterocycles. The quantitative estimate of drug-likeness (QED) is 0.479. The lowest BCUT2D eigenvalue weighted by Crippen LogP contribution is -2.09. The molecule has 0 radical (unpaired) electrons. The van der Waals surface area contributed by atoms with Gasteiger partial charge in [0.15, 0.2) is 0 Å². The fourth-order valence-electron chi connectivity index (χ4n) is 1.19. The number of benzene rings is 1. The Hall–Kier alpha value is -0.740. The van der Waals surface area contributed by atoms with Crippen LogP contribution in [0.3, 0.4) is 0 Å². The molecule has 0 saturated carbocycles. The van der Waals surface area contributed by atoms with Gasteiger partial charge in [-0.25, -0.2) is 0 Å². The summed E-state index contributed by atoms with van der Waals surface area (Å²) in [5.41, 5.74) is 5.25. The average molecular weight is 306 g/mol. The molecule has 5 heteroatoms. The van der Waals surface area contributed by atoms with Crippen molar-refractivity contribution < 1.29 is 4.74 Å². The second-order valence-corrected chi connectivity index (χ2v) is 4.70. The average Bonchev–Trinajstić information content (AvgIpc) is 2.20. The second-order valence-electron chi connectivity index (χ2n) is 3.41.